The van der Waals surface area contributed by atoms with Crippen LogP contribution in [0.4, 0.5) is 0 Å². The van der Waals surface area contributed by atoms with Crippen LogP contribution in [0.1, 0.15) is 42.5 Å². The number of nitrogens with one attached hydrogen (secondary N) is 1. The van der Waals surface area contributed by atoms with Gasteiger partial charge in [0, 0.05) is 6.04 Å². The normalized spacial score (nSPS) is 22.3. The Balaban J connectivity index is 2.62. The van der Waals surface area contributed by atoms with Gasteiger partial charge >= 0.3 is 0 Å². The summed E-state index contributed by atoms with van der Waals surface area (Å²) in [7, 11) is -3.11. The molecule has 0 amide bonds. The SMILES string of the molecule is CCNC1CCCS(=O)(=O)c2cc(C)c(C)cc21. The van der Waals surface area contributed by atoms with Crippen LogP contribution in [0, 0.1) is 13.8 Å². The number of hydrogen-bond donors (Lipinski definition) is 1. The van der Waals surface area contributed by atoms with E-state index in [4.69, 9.17) is 0 Å². The number of sulfone groups is 1. The maximum absolute atomic E-state index is 12.3. The minimum atomic E-state index is -3.11. The fourth-order valence-electron chi connectivity index (χ4n) is 2.56. The molecule has 0 bridgehead atoms. The van der Waals surface area contributed by atoms with Gasteiger partial charge in [0.05, 0.1) is 10.6 Å². The molecule has 1 aromatic rings. The molecular weight excluding hydrogens is 246 g/mol. The van der Waals surface area contributed by atoms with Gasteiger partial charge in [0.25, 0.3) is 0 Å². The van der Waals surface area contributed by atoms with Crippen LogP contribution in [0.25, 0.3) is 0 Å². The predicted molar refractivity (Wildman–Crippen MR) is 73.6 cm³/mol. The van der Waals surface area contributed by atoms with Gasteiger partial charge in [-0.2, -0.15) is 0 Å². The summed E-state index contributed by atoms with van der Waals surface area (Å²) in [6, 6.07) is 4.05. The molecule has 1 atom stereocenters. The molecule has 1 aromatic carbocycles. The highest BCUT2D eigenvalue weighted by Crippen LogP contribution is 2.33. The summed E-state index contributed by atoms with van der Waals surface area (Å²) in [5, 5.41) is 3.40. The summed E-state index contributed by atoms with van der Waals surface area (Å²) >= 11 is 0. The maximum Gasteiger partial charge on any atom is 0.178 e. The molecule has 1 aliphatic rings. The Kier molecular flexibility index (Phi) is 3.78. The van der Waals surface area contributed by atoms with Crippen LogP contribution in [0.3, 0.4) is 0 Å². The summed E-state index contributed by atoms with van der Waals surface area (Å²) in [6.45, 7) is 6.92. The minimum absolute atomic E-state index is 0.168. The summed E-state index contributed by atoms with van der Waals surface area (Å²) in [4.78, 5) is 0.536. The van der Waals surface area contributed by atoms with E-state index in [9.17, 15) is 8.42 Å². The molecule has 3 nitrogen and oxygen atoms in total. The van der Waals surface area contributed by atoms with E-state index in [2.05, 4.69) is 12.2 Å². The highest BCUT2D eigenvalue weighted by molar-refractivity contribution is 7.91. The van der Waals surface area contributed by atoms with Gasteiger partial charge < -0.3 is 5.32 Å². The summed E-state index contributed by atoms with van der Waals surface area (Å²) in [6.07, 6.45) is 1.62. The lowest BCUT2D eigenvalue weighted by molar-refractivity contribution is 0.508. The largest absolute Gasteiger partial charge is 0.310 e. The third kappa shape index (κ3) is 2.45. The van der Waals surface area contributed by atoms with Crippen LogP contribution in [0.15, 0.2) is 17.0 Å². The lowest BCUT2D eigenvalue weighted by atomic mass is 9.98. The number of benzene rings is 1. The van der Waals surface area contributed by atoms with Gasteiger partial charge in [-0.15, -0.1) is 0 Å². The molecule has 4 heteroatoms. The first kappa shape index (κ1) is 13.6. The maximum atomic E-state index is 12.3. The minimum Gasteiger partial charge on any atom is -0.310 e. The van der Waals surface area contributed by atoms with Crippen LogP contribution < -0.4 is 5.32 Å². The van der Waals surface area contributed by atoms with Crippen molar-refractivity contribution >= 4 is 9.84 Å². The van der Waals surface area contributed by atoms with E-state index in [-0.39, 0.29) is 11.8 Å². The van der Waals surface area contributed by atoms with Crippen LogP contribution in [0.5, 0.6) is 0 Å². The van der Waals surface area contributed by atoms with Crippen LogP contribution >= 0.6 is 0 Å². The monoisotopic (exact) mass is 267 g/mol. The number of rotatable bonds is 2. The quantitative estimate of drug-likeness (QED) is 0.895. The standard InChI is InChI=1S/C14H21NO2S/c1-4-15-13-6-5-7-18(16,17)14-9-11(3)10(2)8-12(13)14/h8-9,13,15H,4-7H2,1-3H3. The first-order chi connectivity index (χ1) is 8.45. The third-order valence-electron chi connectivity index (χ3n) is 3.69. The van der Waals surface area contributed by atoms with E-state index >= 15 is 0 Å². The average Bonchev–Trinajstić information content (AvgIpc) is 2.40. The number of aryl methyl sites for hydroxylation is 2. The van der Waals surface area contributed by atoms with Crippen molar-refractivity contribution in [2.45, 2.75) is 44.6 Å². The first-order valence-electron chi connectivity index (χ1n) is 6.53. The Bertz CT molecular complexity index is 549. The van der Waals surface area contributed by atoms with E-state index in [0.717, 1.165) is 36.1 Å². The molecule has 0 aromatic heterocycles. The Labute approximate surface area is 110 Å². The van der Waals surface area contributed by atoms with Crippen LogP contribution in [-0.2, 0) is 9.84 Å². The molecule has 100 valence electrons. The molecule has 0 fully saturated rings. The molecule has 1 unspecified atom stereocenters. The second-order valence-electron chi connectivity index (χ2n) is 5.05. The predicted octanol–water partition coefficient (Wildman–Crippen LogP) is 2.52. The molecule has 0 saturated carbocycles. The average molecular weight is 267 g/mol. The fourth-order valence-corrected chi connectivity index (χ4v) is 4.24. The van der Waals surface area contributed by atoms with Crippen LogP contribution in [0.2, 0.25) is 0 Å². The van der Waals surface area contributed by atoms with E-state index in [1.54, 1.807) is 0 Å². The second kappa shape index (κ2) is 5.02. The Hall–Kier alpha value is -0.870. The molecule has 1 aliphatic heterocycles. The van der Waals surface area contributed by atoms with Crippen molar-refractivity contribution in [2.75, 3.05) is 12.3 Å². The lowest BCUT2D eigenvalue weighted by Gasteiger charge is -2.19. The van der Waals surface area contributed by atoms with E-state index in [0.29, 0.717) is 4.90 Å². The van der Waals surface area contributed by atoms with Crippen molar-refractivity contribution in [2.24, 2.45) is 0 Å². The number of hydrogen-bond acceptors (Lipinski definition) is 3. The molecule has 0 saturated heterocycles. The van der Waals surface area contributed by atoms with E-state index in [1.807, 2.05) is 26.0 Å². The van der Waals surface area contributed by atoms with Gasteiger partial charge in [-0.1, -0.05) is 13.0 Å². The zero-order valence-corrected chi connectivity index (χ0v) is 12.1. The highest BCUT2D eigenvalue weighted by atomic mass is 32.2. The van der Waals surface area contributed by atoms with Gasteiger partial charge in [-0.3, -0.25) is 0 Å². The van der Waals surface area contributed by atoms with Crippen molar-refractivity contribution in [3.05, 3.63) is 28.8 Å². The molecule has 0 aliphatic carbocycles. The lowest BCUT2D eigenvalue weighted by Crippen LogP contribution is -2.21. The Morgan fingerprint density at radius 1 is 1.28 bits per heavy atom. The molecule has 0 spiro atoms. The molecule has 0 radical (unpaired) electrons. The highest BCUT2D eigenvalue weighted by Gasteiger charge is 2.27. The van der Waals surface area contributed by atoms with Gasteiger partial charge in [-0.05, 0) is 56.0 Å². The molecule has 2 rings (SSSR count). The third-order valence-corrected chi connectivity index (χ3v) is 5.54. The van der Waals surface area contributed by atoms with Crippen molar-refractivity contribution in [1.82, 2.24) is 5.32 Å². The fraction of sp³-hybridized carbons (Fsp3) is 0.571. The van der Waals surface area contributed by atoms with Gasteiger partial charge in [0.15, 0.2) is 9.84 Å². The zero-order chi connectivity index (χ0) is 13.3. The molecule has 18 heavy (non-hydrogen) atoms. The molecule has 1 heterocycles. The van der Waals surface area contributed by atoms with Gasteiger partial charge in [0.2, 0.25) is 0 Å². The van der Waals surface area contributed by atoms with Gasteiger partial charge in [-0.25, -0.2) is 8.42 Å². The van der Waals surface area contributed by atoms with E-state index < -0.39 is 9.84 Å². The Morgan fingerprint density at radius 2 is 1.94 bits per heavy atom. The Morgan fingerprint density at radius 3 is 2.61 bits per heavy atom. The zero-order valence-electron chi connectivity index (χ0n) is 11.3. The van der Waals surface area contributed by atoms with Crippen molar-refractivity contribution in [3.8, 4) is 0 Å². The second-order valence-corrected chi connectivity index (χ2v) is 7.12. The molecule has 1 N–H and O–H groups in total. The molecular formula is C14H21NO2S. The smallest absolute Gasteiger partial charge is 0.178 e. The van der Waals surface area contributed by atoms with E-state index in [1.165, 1.54) is 0 Å². The van der Waals surface area contributed by atoms with Crippen LogP contribution in [-0.4, -0.2) is 20.7 Å². The summed E-state index contributed by atoms with van der Waals surface area (Å²) in [5.74, 6) is 0.268. The van der Waals surface area contributed by atoms with Crippen molar-refractivity contribution in [1.29, 1.82) is 0 Å². The van der Waals surface area contributed by atoms with Crippen molar-refractivity contribution in [3.63, 3.8) is 0 Å². The number of fused-ring (bicyclic) bond motifs is 1. The van der Waals surface area contributed by atoms with Gasteiger partial charge in [0.1, 0.15) is 0 Å². The van der Waals surface area contributed by atoms with Crippen molar-refractivity contribution < 1.29 is 8.42 Å². The summed E-state index contributed by atoms with van der Waals surface area (Å²) < 4.78 is 24.6. The topological polar surface area (TPSA) is 46.2 Å². The first-order valence-corrected chi connectivity index (χ1v) is 8.18. The summed E-state index contributed by atoms with van der Waals surface area (Å²) in [5.41, 5.74) is 3.17.